The second-order valence-corrected chi connectivity index (χ2v) is 6.28. The molecule has 2 aromatic rings. The van der Waals surface area contributed by atoms with Gasteiger partial charge < -0.3 is 10.2 Å². The van der Waals surface area contributed by atoms with Crippen molar-refractivity contribution in [1.29, 1.82) is 0 Å². The van der Waals surface area contributed by atoms with Gasteiger partial charge >= 0.3 is 0 Å². The van der Waals surface area contributed by atoms with Crippen molar-refractivity contribution in [2.24, 2.45) is 5.92 Å². The summed E-state index contributed by atoms with van der Waals surface area (Å²) in [5, 5.41) is 14.4. The summed E-state index contributed by atoms with van der Waals surface area (Å²) in [6.07, 6.45) is 2.48. The van der Waals surface area contributed by atoms with Gasteiger partial charge in [-0.05, 0) is 47.4 Å². The zero-order chi connectivity index (χ0) is 16.2. The number of carbonyl (C=O) groups is 1. The van der Waals surface area contributed by atoms with Gasteiger partial charge in [0.2, 0.25) is 5.91 Å². The van der Waals surface area contributed by atoms with Crippen molar-refractivity contribution >= 4 is 23.2 Å². The number of anilines is 1. The zero-order valence-corrected chi connectivity index (χ0v) is 13.7. The van der Waals surface area contributed by atoms with Crippen molar-refractivity contribution in [2.45, 2.75) is 19.9 Å². The first kappa shape index (κ1) is 15.7. The monoisotopic (exact) mass is 334 g/mol. The molecule has 1 atom stereocenters. The van der Waals surface area contributed by atoms with Crippen molar-refractivity contribution in [3.8, 4) is 0 Å². The van der Waals surface area contributed by atoms with Crippen LogP contribution in [0.3, 0.4) is 0 Å². The fourth-order valence-electron chi connectivity index (χ4n) is 2.86. The number of aromatic nitrogens is 4. The van der Waals surface area contributed by atoms with Crippen LogP contribution in [-0.2, 0) is 11.3 Å². The predicted molar refractivity (Wildman–Crippen MR) is 87.3 cm³/mol. The Bertz CT molecular complexity index is 675. The van der Waals surface area contributed by atoms with E-state index in [4.69, 9.17) is 11.6 Å². The molecule has 23 heavy (non-hydrogen) atoms. The lowest BCUT2D eigenvalue weighted by atomic mass is 10.1. The fraction of sp³-hybridized carbons (Fsp3) is 0.467. The molecule has 0 radical (unpaired) electrons. The number of aryl methyl sites for hydroxylation is 1. The minimum absolute atomic E-state index is 0.0744. The molecular formula is C15H19ClN6O. The quantitative estimate of drug-likeness (QED) is 0.891. The molecule has 2 heterocycles. The van der Waals surface area contributed by atoms with Crippen LogP contribution in [0.1, 0.15) is 12.0 Å². The van der Waals surface area contributed by atoms with Crippen LogP contribution < -0.4 is 10.2 Å². The Morgan fingerprint density at radius 2 is 2.35 bits per heavy atom. The van der Waals surface area contributed by atoms with Crippen molar-refractivity contribution in [2.75, 3.05) is 24.5 Å². The molecule has 1 saturated heterocycles. The Hall–Kier alpha value is -2.15. The van der Waals surface area contributed by atoms with Crippen LogP contribution in [0.15, 0.2) is 24.5 Å². The highest BCUT2D eigenvalue weighted by Crippen LogP contribution is 2.29. The maximum atomic E-state index is 11.9. The minimum Gasteiger partial charge on any atom is -0.371 e. The maximum absolute atomic E-state index is 11.9. The van der Waals surface area contributed by atoms with Crippen LogP contribution in [0, 0.1) is 12.8 Å². The van der Waals surface area contributed by atoms with E-state index in [1.54, 1.807) is 0 Å². The number of rotatable bonds is 5. The lowest BCUT2D eigenvalue weighted by Crippen LogP contribution is -2.33. The van der Waals surface area contributed by atoms with Gasteiger partial charge in [-0.1, -0.05) is 17.7 Å². The van der Waals surface area contributed by atoms with E-state index in [0.717, 1.165) is 24.5 Å². The van der Waals surface area contributed by atoms with Gasteiger partial charge in [-0.25, -0.2) is 4.68 Å². The molecule has 1 N–H and O–H groups in total. The molecule has 1 unspecified atom stereocenters. The molecule has 1 aliphatic heterocycles. The first-order valence-corrected chi connectivity index (χ1v) is 7.98. The predicted octanol–water partition coefficient (Wildman–Crippen LogP) is 1.28. The molecule has 1 aromatic heterocycles. The Morgan fingerprint density at radius 3 is 3.13 bits per heavy atom. The van der Waals surface area contributed by atoms with Crippen LogP contribution in [0.4, 0.5) is 5.69 Å². The highest BCUT2D eigenvalue weighted by Gasteiger charge is 2.24. The largest absolute Gasteiger partial charge is 0.371 e. The van der Waals surface area contributed by atoms with Crippen molar-refractivity contribution in [3.63, 3.8) is 0 Å². The Kier molecular flexibility index (Phi) is 4.76. The van der Waals surface area contributed by atoms with Crippen LogP contribution in [0.5, 0.6) is 0 Å². The number of benzene rings is 1. The molecule has 1 aromatic carbocycles. The first-order valence-electron chi connectivity index (χ1n) is 7.60. The summed E-state index contributed by atoms with van der Waals surface area (Å²) in [4.78, 5) is 14.2. The van der Waals surface area contributed by atoms with Gasteiger partial charge in [-0.15, -0.1) is 5.10 Å². The summed E-state index contributed by atoms with van der Waals surface area (Å²) >= 11 is 6.10. The summed E-state index contributed by atoms with van der Waals surface area (Å²) in [5.41, 5.74) is 2.40. The topological polar surface area (TPSA) is 75.9 Å². The molecule has 1 fully saturated rings. The highest BCUT2D eigenvalue weighted by molar-refractivity contribution is 6.30. The van der Waals surface area contributed by atoms with Gasteiger partial charge in [0.15, 0.2) is 0 Å². The van der Waals surface area contributed by atoms with Gasteiger partial charge in [0, 0.05) is 30.3 Å². The molecule has 3 rings (SSSR count). The number of halogens is 1. The number of hydrogen-bond acceptors (Lipinski definition) is 5. The summed E-state index contributed by atoms with van der Waals surface area (Å²) in [6, 6.07) is 5.96. The standard InChI is InChI=1S/C15H19ClN6O/c1-11-2-3-13(16)6-14(11)21-5-4-12(8-21)7-17-15(23)9-22-10-18-19-20-22/h2-3,6,10,12H,4-5,7-9H2,1H3,(H,17,23). The SMILES string of the molecule is Cc1ccc(Cl)cc1N1CCC(CNC(=O)Cn2cnnn2)C1. The molecule has 0 bridgehead atoms. The number of hydrogen-bond donors (Lipinski definition) is 1. The molecule has 0 spiro atoms. The van der Waals surface area contributed by atoms with Crippen molar-refractivity contribution in [1.82, 2.24) is 25.5 Å². The van der Waals surface area contributed by atoms with Gasteiger partial charge in [0.1, 0.15) is 12.9 Å². The number of nitrogens with zero attached hydrogens (tertiary/aromatic N) is 5. The number of tetrazole rings is 1. The summed E-state index contributed by atoms with van der Waals surface area (Å²) in [7, 11) is 0. The third-order valence-electron chi connectivity index (χ3n) is 4.08. The second kappa shape index (κ2) is 6.95. The second-order valence-electron chi connectivity index (χ2n) is 5.84. The Morgan fingerprint density at radius 1 is 1.48 bits per heavy atom. The maximum Gasteiger partial charge on any atom is 0.241 e. The van der Waals surface area contributed by atoms with Gasteiger partial charge in [-0.2, -0.15) is 0 Å². The summed E-state index contributed by atoms with van der Waals surface area (Å²) in [6.45, 7) is 4.81. The molecule has 0 saturated carbocycles. The normalized spacial score (nSPS) is 17.5. The van der Waals surface area contributed by atoms with E-state index < -0.39 is 0 Å². The average molecular weight is 335 g/mol. The zero-order valence-electron chi connectivity index (χ0n) is 12.9. The highest BCUT2D eigenvalue weighted by atomic mass is 35.5. The molecule has 0 aliphatic carbocycles. The van der Waals surface area contributed by atoms with Gasteiger partial charge in [0.25, 0.3) is 0 Å². The smallest absolute Gasteiger partial charge is 0.241 e. The van der Waals surface area contributed by atoms with Crippen LogP contribution in [0.25, 0.3) is 0 Å². The molecule has 8 heteroatoms. The van der Waals surface area contributed by atoms with Crippen LogP contribution in [-0.4, -0.2) is 45.7 Å². The molecule has 1 amide bonds. The third kappa shape index (κ3) is 3.98. The van der Waals surface area contributed by atoms with Crippen LogP contribution >= 0.6 is 11.6 Å². The van der Waals surface area contributed by atoms with Crippen LogP contribution in [0.2, 0.25) is 5.02 Å². The third-order valence-corrected chi connectivity index (χ3v) is 4.32. The fourth-order valence-corrected chi connectivity index (χ4v) is 3.02. The van der Waals surface area contributed by atoms with Gasteiger partial charge in [0.05, 0.1) is 0 Å². The Balaban J connectivity index is 1.50. The van der Waals surface area contributed by atoms with E-state index in [9.17, 15) is 4.79 Å². The summed E-state index contributed by atoms with van der Waals surface area (Å²) < 4.78 is 1.41. The Labute approximate surface area is 139 Å². The number of amides is 1. The molecule has 122 valence electrons. The first-order chi connectivity index (χ1) is 11.1. The van der Waals surface area contributed by atoms with Crippen molar-refractivity contribution in [3.05, 3.63) is 35.1 Å². The van der Waals surface area contributed by atoms with Gasteiger partial charge in [-0.3, -0.25) is 4.79 Å². The lowest BCUT2D eigenvalue weighted by molar-refractivity contribution is -0.122. The van der Waals surface area contributed by atoms with E-state index in [1.807, 2.05) is 18.2 Å². The molecule has 7 nitrogen and oxygen atoms in total. The molecular weight excluding hydrogens is 316 g/mol. The minimum atomic E-state index is -0.0744. The van der Waals surface area contributed by atoms with E-state index >= 15 is 0 Å². The van der Waals surface area contributed by atoms with E-state index in [0.29, 0.717) is 12.5 Å². The number of carbonyl (C=O) groups excluding carboxylic acids is 1. The average Bonchev–Trinajstić information content (AvgIpc) is 3.19. The summed E-state index contributed by atoms with van der Waals surface area (Å²) in [5.74, 6) is 0.362. The lowest BCUT2D eigenvalue weighted by Gasteiger charge is -2.21. The number of nitrogens with one attached hydrogen (secondary N) is 1. The van der Waals surface area contributed by atoms with E-state index in [-0.39, 0.29) is 12.5 Å². The van der Waals surface area contributed by atoms with E-state index in [1.165, 1.54) is 22.3 Å². The molecule has 1 aliphatic rings. The van der Waals surface area contributed by atoms with Crippen molar-refractivity contribution < 1.29 is 4.79 Å². The van der Waals surface area contributed by atoms with E-state index in [2.05, 4.69) is 32.7 Å².